The van der Waals surface area contributed by atoms with Crippen LogP contribution < -0.4 is 0 Å². The van der Waals surface area contributed by atoms with Crippen LogP contribution in [-0.2, 0) is 4.79 Å². The van der Waals surface area contributed by atoms with E-state index in [9.17, 15) is 4.79 Å². The first-order chi connectivity index (χ1) is 3.83. The van der Waals surface area contributed by atoms with Crippen molar-refractivity contribution in [3.8, 4) is 0 Å². The Morgan fingerprint density at radius 2 is 2.62 bits per heavy atom. The Balaban J connectivity index is 2.73. The van der Waals surface area contributed by atoms with Crippen molar-refractivity contribution < 1.29 is 4.79 Å². The van der Waals surface area contributed by atoms with Gasteiger partial charge in [0.05, 0.1) is 12.1 Å². The van der Waals surface area contributed by atoms with Crippen LogP contribution in [0.5, 0.6) is 0 Å². The molecule has 1 aliphatic heterocycles. The Morgan fingerprint density at radius 1 is 1.88 bits per heavy atom. The van der Waals surface area contributed by atoms with Crippen molar-refractivity contribution in [3.05, 3.63) is 17.8 Å². The van der Waals surface area contributed by atoms with Crippen LogP contribution in [-0.4, -0.2) is 24.4 Å². The number of likely N-dealkylation sites (N-methyl/N-ethyl adjacent to an activating group) is 1. The van der Waals surface area contributed by atoms with Crippen molar-refractivity contribution >= 4 is 5.94 Å². The minimum Gasteiger partial charge on any atom is -0.375 e. The van der Waals surface area contributed by atoms with E-state index in [1.54, 1.807) is 6.08 Å². The first-order valence-electron chi connectivity index (χ1n) is 2.45. The molecule has 0 saturated carbocycles. The van der Waals surface area contributed by atoms with Gasteiger partial charge >= 0.3 is 0 Å². The van der Waals surface area contributed by atoms with Crippen LogP contribution in [0.15, 0.2) is 17.8 Å². The summed E-state index contributed by atoms with van der Waals surface area (Å²) in [5.74, 6) is 1.83. The molecule has 0 N–H and O–H groups in total. The zero-order valence-corrected chi connectivity index (χ0v) is 4.72. The third kappa shape index (κ3) is 0.796. The van der Waals surface area contributed by atoms with Gasteiger partial charge in [-0.05, 0) is 6.08 Å². The molecule has 0 aromatic rings. The predicted octanol–water partition coefficient (Wildman–Crippen LogP) is 0.204. The molecule has 0 spiro atoms. The highest BCUT2D eigenvalue weighted by Gasteiger charge is 2.02. The fraction of sp³-hybridized carbons (Fsp3) is 0.333. The molecular weight excluding hydrogens is 102 g/mol. The molecular formula is C6H7NO. The molecule has 0 radical (unpaired) electrons. The molecule has 8 heavy (non-hydrogen) atoms. The summed E-state index contributed by atoms with van der Waals surface area (Å²) in [5.41, 5.74) is 0.729. The Labute approximate surface area is 48.1 Å². The molecule has 0 fully saturated rings. The van der Waals surface area contributed by atoms with E-state index in [-0.39, 0.29) is 0 Å². The fourth-order valence-electron chi connectivity index (χ4n) is 0.658. The zero-order chi connectivity index (χ0) is 5.98. The Bertz CT molecular complexity index is 165. The lowest BCUT2D eigenvalue weighted by molar-refractivity contribution is 0.520. The minimum absolute atomic E-state index is 0.712. The fourth-order valence-corrected chi connectivity index (χ4v) is 0.658. The van der Waals surface area contributed by atoms with E-state index in [0.29, 0.717) is 6.54 Å². The maximum Gasteiger partial charge on any atom is 0.129 e. The summed E-state index contributed by atoms with van der Waals surface area (Å²) in [4.78, 5) is 11.8. The molecule has 1 rings (SSSR count). The Kier molecular flexibility index (Phi) is 1.18. The van der Waals surface area contributed by atoms with E-state index >= 15 is 0 Å². The van der Waals surface area contributed by atoms with Gasteiger partial charge in [0.1, 0.15) is 5.94 Å². The summed E-state index contributed by atoms with van der Waals surface area (Å²) < 4.78 is 0. The molecule has 0 atom stereocenters. The maximum atomic E-state index is 9.91. The highest BCUT2D eigenvalue weighted by molar-refractivity contribution is 5.59. The summed E-state index contributed by atoms with van der Waals surface area (Å²) in [7, 11) is 1.92. The predicted molar refractivity (Wildman–Crippen MR) is 31.0 cm³/mol. The molecule has 0 aromatic heterocycles. The molecule has 0 amide bonds. The maximum absolute atomic E-state index is 9.91. The van der Waals surface area contributed by atoms with Gasteiger partial charge in [-0.25, -0.2) is 4.79 Å². The van der Waals surface area contributed by atoms with Gasteiger partial charge in [0.15, 0.2) is 0 Å². The topological polar surface area (TPSA) is 20.3 Å². The third-order valence-corrected chi connectivity index (χ3v) is 1.08. The van der Waals surface area contributed by atoms with E-state index in [1.807, 2.05) is 24.1 Å². The molecule has 0 aromatic carbocycles. The normalized spacial score (nSPS) is 17.1. The van der Waals surface area contributed by atoms with Gasteiger partial charge in [0, 0.05) is 13.2 Å². The average Bonchev–Trinajstić information content (AvgIpc) is 2.14. The van der Waals surface area contributed by atoms with Crippen molar-refractivity contribution in [2.75, 3.05) is 13.6 Å². The van der Waals surface area contributed by atoms with Crippen LogP contribution in [0.3, 0.4) is 0 Å². The smallest absolute Gasteiger partial charge is 0.129 e. The third-order valence-electron chi connectivity index (χ3n) is 1.08. The molecule has 0 saturated heterocycles. The van der Waals surface area contributed by atoms with E-state index in [1.165, 1.54) is 0 Å². The van der Waals surface area contributed by atoms with Gasteiger partial charge < -0.3 is 4.90 Å². The summed E-state index contributed by atoms with van der Waals surface area (Å²) in [6, 6.07) is 0. The van der Waals surface area contributed by atoms with Gasteiger partial charge in [0.2, 0.25) is 0 Å². The van der Waals surface area contributed by atoms with Crippen LogP contribution in [0.4, 0.5) is 0 Å². The van der Waals surface area contributed by atoms with Crippen molar-refractivity contribution in [1.29, 1.82) is 0 Å². The van der Waals surface area contributed by atoms with E-state index in [2.05, 4.69) is 0 Å². The Hall–Kier alpha value is -1.01. The summed E-state index contributed by atoms with van der Waals surface area (Å²) in [5, 5.41) is 0. The number of hydrogen-bond donors (Lipinski definition) is 0. The van der Waals surface area contributed by atoms with Crippen molar-refractivity contribution in [2.45, 2.75) is 0 Å². The number of carbonyl (C=O) groups excluding carboxylic acids is 1. The van der Waals surface area contributed by atoms with Gasteiger partial charge in [-0.3, -0.25) is 0 Å². The lowest BCUT2D eigenvalue weighted by Crippen LogP contribution is -2.06. The first-order valence-corrected chi connectivity index (χ1v) is 2.45. The Morgan fingerprint density at radius 3 is 2.88 bits per heavy atom. The molecule has 1 aliphatic rings. The van der Waals surface area contributed by atoms with E-state index < -0.39 is 0 Å². The van der Waals surface area contributed by atoms with Crippen LogP contribution in [0.2, 0.25) is 0 Å². The standard InChI is InChI=1S/C6H7NO/c1-7-3-2-6(4-7)5-8/h2-3H,4H2,1H3. The van der Waals surface area contributed by atoms with E-state index in [0.717, 1.165) is 5.57 Å². The first kappa shape index (κ1) is 5.13. The monoisotopic (exact) mass is 109 g/mol. The van der Waals surface area contributed by atoms with Crippen LogP contribution in [0.25, 0.3) is 0 Å². The second-order valence-electron chi connectivity index (χ2n) is 1.86. The summed E-state index contributed by atoms with van der Waals surface area (Å²) in [6.45, 7) is 0.712. The van der Waals surface area contributed by atoms with Crippen LogP contribution in [0, 0.1) is 0 Å². The molecule has 42 valence electrons. The largest absolute Gasteiger partial charge is 0.375 e. The zero-order valence-electron chi connectivity index (χ0n) is 4.72. The minimum atomic E-state index is 0.712. The highest BCUT2D eigenvalue weighted by Crippen LogP contribution is 2.03. The molecule has 2 nitrogen and oxygen atoms in total. The summed E-state index contributed by atoms with van der Waals surface area (Å²) in [6.07, 6.45) is 3.63. The number of nitrogens with zero attached hydrogens (tertiary/aromatic N) is 1. The number of hydrogen-bond acceptors (Lipinski definition) is 2. The number of rotatable bonds is 0. The van der Waals surface area contributed by atoms with Crippen molar-refractivity contribution in [2.24, 2.45) is 0 Å². The quantitative estimate of drug-likeness (QED) is 0.414. The highest BCUT2D eigenvalue weighted by atomic mass is 16.1. The lowest BCUT2D eigenvalue weighted by atomic mass is 10.3. The van der Waals surface area contributed by atoms with Crippen LogP contribution >= 0.6 is 0 Å². The second kappa shape index (κ2) is 1.85. The SMILES string of the molecule is CN1C=CC(=C=O)C1. The molecule has 1 heterocycles. The second-order valence-corrected chi connectivity index (χ2v) is 1.86. The summed E-state index contributed by atoms with van der Waals surface area (Å²) >= 11 is 0. The van der Waals surface area contributed by atoms with Crippen molar-refractivity contribution in [3.63, 3.8) is 0 Å². The van der Waals surface area contributed by atoms with Crippen LogP contribution in [0.1, 0.15) is 0 Å². The molecule has 0 bridgehead atoms. The van der Waals surface area contributed by atoms with Crippen molar-refractivity contribution in [1.82, 2.24) is 4.90 Å². The molecule has 0 unspecified atom stereocenters. The van der Waals surface area contributed by atoms with E-state index in [4.69, 9.17) is 0 Å². The van der Waals surface area contributed by atoms with Gasteiger partial charge in [-0.15, -0.1) is 0 Å². The van der Waals surface area contributed by atoms with Gasteiger partial charge in [-0.2, -0.15) is 0 Å². The average molecular weight is 109 g/mol. The molecule has 2 heteroatoms. The van der Waals surface area contributed by atoms with Gasteiger partial charge in [-0.1, -0.05) is 0 Å². The molecule has 0 aliphatic carbocycles. The lowest BCUT2D eigenvalue weighted by Gasteiger charge is -2.02. The van der Waals surface area contributed by atoms with Gasteiger partial charge in [0.25, 0.3) is 0 Å².